The zero-order chi connectivity index (χ0) is 13.5. The van der Waals surface area contributed by atoms with Gasteiger partial charge in [-0.05, 0) is 6.92 Å². The zero-order valence-electron chi connectivity index (χ0n) is 10.7. The van der Waals surface area contributed by atoms with Crippen molar-refractivity contribution in [3.63, 3.8) is 0 Å². The van der Waals surface area contributed by atoms with Crippen molar-refractivity contribution in [1.29, 1.82) is 0 Å². The van der Waals surface area contributed by atoms with E-state index in [9.17, 15) is 0 Å². The molecular formula is C12H14Cl2N4. The highest BCUT2D eigenvalue weighted by Gasteiger charge is 2.21. The van der Waals surface area contributed by atoms with Crippen LogP contribution in [0.4, 0.5) is 0 Å². The van der Waals surface area contributed by atoms with Crippen molar-refractivity contribution in [3.05, 3.63) is 34.0 Å². The summed E-state index contributed by atoms with van der Waals surface area (Å²) in [5.41, 5.74) is 0.604. The smallest absolute Gasteiger partial charge is 0.161 e. The standard InChI is InChI=1S/C12H14Cl2N4/c1-7-9(14)16-11(12(2,3)4)17-10(7)18-6-8(13)5-15-18/h5-6H,1-4H3. The largest absolute Gasteiger partial charge is 0.221 e. The van der Waals surface area contributed by atoms with Crippen LogP contribution in [-0.4, -0.2) is 19.7 Å². The Labute approximate surface area is 116 Å². The van der Waals surface area contributed by atoms with E-state index in [0.717, 1.165) is 5.56 Å². The molecule has 4 nitrogen and oxygen atoms in total. The lowest BCUT2D eigenvalue weighted by atomic mass is 9.95. The molecule has 0 spiro atoms. The first-order valence-corrected chi connectivity index (χ1v) is 6.30. The monoisotopic (exact) mass is 284 g/mol. The molecule has 2 heterocycles. The highest BCUT2D eigenvalue weighted by molar-refractivity contribution is 6.30. The average molecular weight is 285 g/mol. The van der Waals surface area contributed by atoms with Crippen molar-refractivity contribution in [1.82, 2.24) is 19.7 Å². The first-order valence-electron chi connectivity index (χ1n) is 5.54. The van der Waals surface area contributed by atoms with Gasteiger partial charge in [0.05, 0.1) is 17.4 Å². The molecule has 2 aromatic heterocycles. The minimum absolute atomic E-state index is 0.178. The Balaban J connectivity index is 2.63. The van der Waals surface area contributed by atoms with Gasteiger partial charge in [0.15, 0.2) is 5.82 Å². The molecule has 0 amide bonds. The van der Waals surface area contributed by atoms with Crippen LogP contribution in [0.1, 0.15) is 32.2 Å². The van der Waals surface area contributed by atoms with Gasteiger partial charge >= 0.3 is 0 Å². The van der Waals surface area contributed by atoms with Gasteiger partial charge in [0, 0.05) is 11.0 Å². The van der Waals surface area contributed by atoms with Crippen LogP contribution >= 0.6 is 23.2 Å². The summed E-state index contributed by atoms with van der Waals surface area (Å²) in [6.45, 7) is 7.97. The molecule has 0 saturated carbocycles. The van der Waals surface area contributed by atoms with E-state index in [2.05, 4.69) is 15.1 Å². The van der Waals surface area contributed by atoms with Crippen LogP contribution in [-0.2, 0) is 5.41 Å². The van der Waals surface area contributed by atoms with E-state index in [1.54, 1.807) is 17.1 Å². The summed E-state index contributed by atoms with van der Waals surface area (Å²) < 4.78 is 1.61. The second-order valence-electron chi connectivity index (χ2n) is 5.14. The lowest BCUT2D eigenvalue weighted by Gasteiger charge is -2.18. The van der Waals surface area contributed by atoms with E-state index in [4.69, 9.17) is 23.2 Å². The van der Waals surface area contributed by atoms with E-state index < -0.39 is 0 Å². The third-order valence-corrected chi connectivity index (χ3v) is 3.06. The van der Waals surface area contributed by atoms with Gasteiger partial charge in [-0.15, -0.1) is 0 Å². The summed E-state index contributed by atoms with van der Waals surface area (Å²) in [6.07, 6.45) is 3.26. The summed E-state index contributed by atoms with van der Waals surface area (Å²) in [5.74, 6) is 1.34. The Bertz CT molecular complexity index is 584. The molecule has 0 aliphatic heterocycles. The molecule has 2 aromatic rings. The Hall–Kier alpha value is -1.13. The first kappa shape index (κ1) is 13.3. The fraction of sp³-hybridized carbons (Fsp3) is 0.417. The SMILES string of the molecule is Cc1c(Cl)nc(C(C)(C)C)nc1-n1cc(Cl)cn1. The third-order valence-electron chi connectivity index (χ3n) is 2.50. The van der Waals surface area contributed by atoms with Crippen molar-refractivity contribution in [3.8, 4) is 5.82 Å². The number of aromatic nitrogens is 4. The maximum absolute atomic E-state index is 6.16. The molecule has 18 heavy (non-hydrogen) atoms. The first-order chi connectivity index (χ1) is 8.29. The molecule has 0 atom stereocenters. The number of nitrogens with zero attached hydrogens (tertiary/aromatic N) is 4. The third kappa shape index (κ3) is 2.49. The Kier molecular flexibility index (Phi) is 3.34. The van der Waals surface area contributed by atoms with Crippen molar-refractivity contribution in [2.45, 2.75) is 33.1 Å². The molecule has 0 aliphatic rings. The summed E-state index contributed by atoms with van der Waals surface area (Å²) >= 11 is 12.0. The predicted octanol–water partition coefficient (Wildman–Crippen LogP) is 3.58. The van der Waals surface area contributed by atoms with Gasteiger partial charge < -0.3 is 0 Å². The lowest BCUT2D eigenvalue weighted by Crippen LogP contribution is -2.18. The summed E-state index contributed by atoms with van der Waals surface area (Å²) in [7, 11) is 0. The van der Waals surface area contributed by atoms with Gasteiger partial charge in [0.1, 0.15) is 11.0 Å². The summed E-state index contributed by atoms with van der Waals surface area (Å²) in [4.78, 5) is 8.85. The van der Waals surface area contributed by atoms with E-state index in [1.165, 1.54) is 0 Å². The topological polar surface area (TPSA) is 43.6 Å². The Morgan fingerprint density at radius 1 is 1.17 bits per heavy atom. The summed E-state index contributed by atoms with van der Waals surface area (Å²) in [6, 6.07) is 0. The van der Waals surface area contributed by atoms with E-state index >= 15 is 0 Å². The second-order valence-corrected chi connectivity index (χ2v) is 5.93. The van der Waals surface area contributed by atoms with Gasteiger partial charge in [-0.25, -0.2) is 14.6 Å². The van der Waals surface area contributed by atoms with Crippen LogP contribution in [0.15, 0.2) is 12.4 Å². The van der Waals surface area contributed by atoms with Crippen LogP contribution in [0.3, 0.4) is 0 Å². The van der Waals surface area contributed by atoms with E-state index in [1.807, 2.05) is 27.7 Å². The molecule has 0 unspecified atom stereocenters. The van der Waals surface area contributed by atoms with Crippen molar-refractivity contribution >= 4 is 23.2 Å². The fourth-order valence-electron chi connectivity index (χ4n) is 1.45. The van der Waals surface area contributed by atoms with Crippen LogP contribution in [0.25, 0.3) is 5.82 Å². The van der Waals surface area contributed by atoms with Crippen LogP contribution < -0.4 is 0 Å². The van der Waals surface area contributed by atoms with Gasteiger partial charge in [-0.3, -0.25) is 0 Å². The average Bonchev–Trinajstić information content (AvgIpc) is 2.67. The fourth-order valence-corrected chi connectivity index (χ4v) is 1.75. The van der Waals surface area contributed by atoms with Crippen LogP contribution in [0, 0.1) is 6.92 Å². The maximum Gasteiger partial charge on any atom is 0.161 e. The normalized spacial score (nSPS) is 11.9. The minimum atomic E-state index is -0.178. The minimum Gasteiger partial charge on any atom is -0.221 e. The molecule has 0 saturated heterocycles. The zero-order valence-corrected chi connectivity index (χ0v) is 12.2. The molecular weight excluding hydrogens is 271 g/mol. The van der Waals surface area contributed by atoms with E-state index in [0.29, 0.717) is 21.8 Å². The van der Waals surface area contributed by atoms with Gasteiger partial charge in [0.2, 0.25) is 0 Å². The highest BCUT2D eigenvalue weighted by Crippen LogP contribution is 2.25. The molecule has 0 aromatic carbocycles. The highest BCUT2D eigenvalue weighted by atomic mass is 35.5. The molecule has 96 valence electrons. The molecule has 0 aliphatic carbocycles. The maximum atomic E-state index is 6.16. The van der Waals surface area contributed by atoms with E-state index in [-0.39, 0.29) is 5.41 Å². The van der Waals surface area contributed by atoms with Crippen LogP contribution in [0.5, 0.6) is 0 Å². The predicted molar refractivity (Wildman–Crippen MR) is 72.6 cm³/mol. The Morgan fingerprint density at radius 3 is 2.33 bits per heavy atom. The quantitative estimate of drug-likeness (QED) is 0.752. The summed E-state index contributed by atoms with van der Waals surface area (Å²) in [5, 5.41) is 5.15. The molecule has 2 rings (SSSR count). The number of hydrogen-bond acceptors (Lipinski definition) is 3. The number of rotatable bonds is 1. The van der Waals surface area contributed by atoms with Gasteiger partial charge in [-0.1, -0.05) is 44.0 Å². The lowest BCUT2D eigenvalue weighted by molar-refractivity contribution is 0.541. The second kappa shape index (κ2) is 4.52. The molecule has 0 N–H and O–H groups in total. The number of halogens is 2. The molecule has 0 bridgehead atoms. The van der Waals surface area contributed by atoms with Crippen molar-refractivity contribution in [2.24, 2.45) is 0 Å². The number of hydrogen-bond donors (Lipinski definition) is 0. The van der Waals surface area contributed by atoms with Gasteiger partial charge in [-0.2, -0.15) is 5.10 Å². The Morgan fingerprint density at radius 2 is 1.83 bits per heavy atom. The molecule has 0 fully saturated rings. The van der Waals surface area contributed by atoms with Crippen molar-refractivity contribution in [2.75, 3.05) is 0 Å². The van der Waals surface area contributed by atoms with Crippen LogP contribution in [0.2, 0.25) is 10.2 Å². The van der Waals surface area contributed by atoms with Crippen molar-refractivity contribution < 1.29 is 0 Å². The molecule has 6 heteroatoms. The van der Waals surface area contributed by atoms with Gasteiger partial charge in [0.25, 0.3) is 0 Å². The molecule has 0 radical (unpaired) electrons.